The van der Waals surface area contributed by atoms with Crippen LogP contribution >= 0.6 is 0 Å². The van der Waals surface area contributed by atoms with Crippen LogP contribution in [0.15, 0.2) is 0 Å². The summed E-state index contributed by atoms with van der Waals surface area (Å²) in [5.74, 6) is 0. The van der Waals surface area contributed by atoms with Gasteiger partial charge in [-0.2, -0.15) is 0 Å². The first kappa shape index (κ1) is 22.9. The molecule has 0 aliphatic rings. The molecule has 0 saturated heterocycles. The van der Waals surface area contributed by atoms with Crippen LogP contribution in [-0.4, -0.2) is 72.1 Å². The van der Waals surface area contributed by atoms with E-state index >= 15 is 0 Å². The van der Waals surface area contributed by atoms with Gasteiger partial charge in [0.05, 0.1) is 0 Å². The summed E-state index contributed by atoms with van der Waals surface area (Å²) >= 11 is 0. The van der Waals surface area contributed by atoms with Crippen LogP contribution in [0.25, 0.3) is 0 Å². The summed E-state index contributed by atoms with van der Waals surface area (Å²) in [6.07, 6.45) is 0. The van der Waals surface area contributed by atoms with Crippen molar-refractivity contribution in [2.45, 2.75) is 0 Å². The van der Waals surface area contributed by atoms with E-state index in [9.17, 15) is 0 Å². The molecule has 0 aliphatic carbocycles. The summed E-state index contributed by atoms with van der Waals surface area (Å²) in [5.41, 5.74) is 0. The second-order valence-corrected chi connectivity index (χ2v) is 1.72. The maximum Gasteiger partial charge on any atom is 2.00 e. The fourth-order valence-corrected chi connectivity index (χ4v) is 0. The van der Waals surface area contributed by atoms with E-state index in [-0.39, 0.29) is 48.7 Å². The molecule has 0 spiro atoms. The van der Waals surface area contributed by atoms with E-state index in [2.05, 4.69) is 0 Å². The molecule has 0 atom stereocenters. The monoisotopic (exact) mass is 170 g/mol. The summed E-state index contributed by atoms with van der Waals surface area (Å²) in [6, 6.07) is 0. The Morgan fingerprint density at radius 3 is 1.12 bits per heavy atom. The normalized spacial score (nSPS) is 7.50. The molecule has 6 nitrogen and oxygen atoms in total. The molecule has 0 heterocycles. The predicted octanol–water partition coefficient (Wildman–Crippen LogP) is -4.62. The average Bonchev–Trinajstić information content (AvgIpc) is 0.722. The zero-order chi connectivity index (χ0) is 4.50. The van der Waals surface area contributed by atoms with Crippen LogP contribution in [0, 0.1) is 0 Å². The van der Waals surface area contributed by atoms with Gasteiger partial charge in [0.15, 0.2) is 0 Å². The molecule has 0 bridgehead atoms. The van der Waals surface area contributed by atoms with Gasteiger partial charge in [-0.05, 0) is 0 Å². The quantitative estimate of drug-likeness (QED) is 0.313. The maximum absolute atomic E-state index is 8.91. The smallest absolute Gasteiger partial charge is 0.870 e. The Balaban J connectivity index is -0.0000000267. The van der Waals surface area contributed by atoms with Gasteiger partial charge in [0.1, 0.15) is 0 Å². The molecule has 0 aromatic heterocycles. The van der Waals surface area contributed by atoms with Crippen molar-refractivity contribution in [3.05, 3.63) is 0 Å². The van der Waals surface area contributed by atoms with Crippen LogP contribution in [0.4, 0.5) is 0 Å². The van der Waals surface area contributed by atoms with E-state index in [4.69, 9.17) is 19.2 Å². The summed E-state index contributed by atoms with van der Waals surface area (Å²) in [4.78, 5) is 30.6. The number of hydrogen-bond acceptors (Lipinski definition) is 5. The first-order valence-electron chi connectivity index (χ1n) is 0.875. The number of hydrogen-bond donors (Lipinski definition) is 3. The van der Waals surface area contributed by atoms with Crippen molar-refractivity contribution in [3.8, 4) is 0 Å². The van der Waals surface area contributed by atoms with E-state index in [1.807, 2.05) is 0 Å². The standard InChI is InChI=1S/Ca.H3O4Si.2H2O/c;1-5(2,3)4;;/h;1-3H;2*1H2/q+2;-1;;/p-1. The molecule has 48 valence electrons. The largest absolute Gasteiger partial charge is 2.00 e. The molecule has 0 aliphatic heterocycles. The van der Waals surface area contributed by atoms with Gasteiger partial charge in [-0.3, -0.25) is 0 Å². The van der Waals surface area contributed by atoms with Gasteiger partial charge in [-0.15, -0.1) is 0 Å². The van der Waals surface area contributed by atoms with Crippen LogP contribution in [-0.2, 0) is 0 Å². The van der Waals surface area contributed by atoms with Crippen molar-refractivity contribution < 1.29 is 30.1 Å². The third kappa shape index (κ3) is 184. The molecule has 0 aromatic rings. The Morgan fingerprint density at radius 2 is 1.12 bits per heavy atom. The average molecular weight is 170 g/mol. The van der Waals surface area contributed by atoms with Crippen molar-refractivity contribution in [3.63, 3.8) is 0 Å². The number of rotatable bonds is 0. The Kier molecular flexibility index (Phi) is 23.5. The van der Waals surface area contributed by atoms with E-state index in [0.717, 1.165) is 0 Å². The SMILES string of the molecule is O.[Ca+2].[O-][Si](O)(O)O.[OH-]. The second-order valence-electron chi connectivity index (χ2n) is 0.574. The summed E-state index contributed by atoms with van der Waals surface area (Å²) in [6.45, 7) is 0. The molecule has 8 heteroatoms. The van der Waals surface area contributed by atoms with E-state index in [0.29, 0.717) is 0 Å². The zero-order valence-corrected chi connectivity index (χ0v) is 7.11. The third-order valence-corrected chi connectivity index (χ3v) is 0. The maximum atomic E-state index is 8.91. The van der Waals surface area contributed by atoms with Gasteiger partial charge >= 0.3 is 46.8 Å². The Labute approximate surface area is 76.5 Å². The minimum absolute atomic E-state index is 0. The fourth-order valence-electron chi connectivity index (χ4n) is 0. The van der Waals surface area contributed by atoms with Crippen molar-refractivity contribution in [1.29, 1.82) is 0 Å². The molecule has 6 N–H and O–H groups in total. The van der Waals surface area contributed by atoms with E-state index in [1.54, 1.807) is 0 Å². The minimum atomic E-state index is -4.86. The Hall–Kier alpha value is 1.24. The summed E-state index contributed by atoms with van der Waals surface area (Å²) in [5, 5.41) is 0. The summed E-state index contributed by atoms with van der Waals surface area (Å²) < 4.78 is 0. The van der Waals surface area contributed by atoms with E-state index < -0.39 is 9.05 Å². The summed E-state index contributed by atoms with van der Waals surface area (Å²) in [7, 11) is -4.86. The van der Waals surface area contributed by atoms with Gasteiger partial charge in [-0.1, -0.05) is 0 Å². The molecule has 0 fully saturated rings. The molecule has 0 aromatic carbocycles. The Bertz CT molecular complexity index is 24.0. The van der Waals surface area contributed by atoms with Gasteiger partial charge in [0.25, 0.3) is 0 Å². The third-order valence-electron chi connectivity index (χ3n) is 0. The van der Waals surface area contributed by atoms with Crippen LogP contribution in [0.3, 0.4) is 0 Å². The predicted molar refractivity (Wildman–Crippen MR) is 23.7 cm³/mol. The van der Waals surface area contributed by atoms with Crippen molar-refractivity contribution in [1.82, 2.24) is 0 Å². The van der Waals surface area contributed by atoms with Crippen LogP contribution in [0.1, 0.15) is 0 Å². The zero-order valence-electron chi connectivity index (χ0n) is 3.90. The molecular formula is H6CaO6Si. The van der Waals surface area contributed by atoms with Crippen molar-refractivity contribution in [2.75, 3.05) is 0 Å². The molecule has 8 heavy (non-hydrogen) atoms. The second kappa shape index (κ2) is 8.24. The molecular weight excluding hydrogens is 164 g/mol. The minimum Gasteiger partial charge on any atom is -0.870 e. The Morgan fingerprint density at radius 1 is 1.12 bits per heavy atom. The van der Waals surface area contributed by atoms with Crippen LogP contribution < -0.4 is 4.80 Å². The topological polar surface area (TPSA) is 145 Å². The van der Waals surface area contributed by atoms with Gasteiger partial charge in [0.2, 0.25) is 0 Å². The first-order valence-corrected chi connectivity index (χ1v) is 2.62. The van der Waals surface area contributed by atoms with Crippen molar-refractivity contribution in [2.24, 2.45) is 0 Å². The molecule has 0 saturated carbocycles. The molecule has 0 radical (unpaired) electrons. The fraction of sp³-hybridized carbons (Fsp3) is 0. The van der Waals surface area contributed by atoms with Gasteiger partial charge in [-0.25, -0.2) is 0 Å². The van der Waals surface area contributed by atoms with E-state index in [1.165, 1.54) is 0 Å². The molecule has 0 rings (SSSR count). The van der Waals surface area contributed by atoms with Crippen molar-refractivity contribution >= 4 is 46.8 Å². The van der Waals surface area contributed by atoms with Gasteiger partial charge in [0, 0.05) is 0 Å². The molecule has 0 unspecified atom stereocenters. The first-order chi connectivity index (χ1) is 2.00. The van der Waals surface area contributed by atoms with Crippen LogP contribution in [0.5, 0.6) is 0 Å². The van der Waals surface area contributed by atoms with Gasteiger partial charge < -0.3 is 30.1 Å². The molecule has 0 amide bonds. The van der Waals surface area contributed by atoms with Crippen LogP contribution in [0.2, 0.25) is 0 Å².